The third-order valence-corrected chi connectivity index (χ3v) is 2.99. The highest BCUT2D eigenvalue weighted by Crippen LogP contribution is 2.22. The zero-order valence-corrected chi connectivity index (χ0v) is 10.4. The molecule has 0 spiro atoms. The number of benzene rings is 1. The van der Waals surface area contributed by atoms with E-state index in [4.69, 9.17) is 9.47 Å². The average molecular weight is 233 g/mol. The van der Waals surface area contributed by atoms with Crippen molar-refractivity contribution in [1.82, 2.24) is 0 Å². The van der Waals surface area contributed by atoms with Crippen molar-refractivity contribution in [3.63, 3.8) is 0 Å². The van der Waals surface area contributed by atoms with Crippen LogP contribution in [0.15, 0.2) is 30.5 Å². The fraction of sp³-hybridized carbons (Fsp3) is 0.429. The minimum atomic E-state index is 0.269. The van der Waals surface area contributed by atoms with E-state index in [2.05, 4.69) is 24.4 Å². The van der Waals surface area contributed by atoms with E-state index in [1.165, 1.54) is 5.56 Å². The Morgan fingerprint density at radius 1 is 1.47 bits per heavy atom. The third-order valence-electron chi connectivity index (χ3n) is 2.99. The molecule has 0 aliphatic carbocycles. The lowest BCUT2D eigenvalue weighted by atomic mass is 10.1. The standard InChI is InChI=1S/C14H19NO2/c1-11-6-7-12(16-2)9-14(11)15-10-13-5-3-4-8-17-13/h4,6-9,13,15H,3,5,10H2,1-2H3. The minimum Gasteiger partial charge on any atom is -0.497 e. The van der Waals surface area contributed by atoms with Crippen molar-refractivity contribution < 1.29 is 9.47 Å². The summed E-state index contributed by atoms with van der Waals surface area (Å²) in [5, 5.41) is 3.42. The predicted octanol–water partition coefficient (Wildman–Crippen LogP) is 3.11. The number of aryl methyl sites for hydroxylation is 1. The first-order valence-electron chi connectivity index (χ1n) is 5.98. The molecule has 1 heterocycles. The Bertz CT molecular complexity index is 401. The van der Waals surface area contributed by atoms with Crippen molar-refractivity contribution in [3.05, 3.63) is 36.1 Å². The maximum Gasteiger partial charge on any atom is 0.120 e. The van der Waals surface area contributed by atoms with E-state index in [9.17, 15) is 0 Å². The highest BCUT2D eigenvalue weighted by atomic mass is 16.5. The van der Waals surface area contributed by atoms with Gasteiger partial charge in [0, 0.05) is 11.8 Å². The quantitative estimate of drug-likeness (QED) is 0.866. The molecule has 1 aromatic rings. The largest absolute Gasteiger partial charge is 0.497 e. The predicted molar refractivity (Wildman–Crippen MR) is 69.5 cm³/mol. The highest BCUT2D eigenvalue weighted by molar-refractivity contribution is 5.54. The minimum absolute atomic E-state index is 0.269. The third kappa shape index (κ3) is 3.16. The van der Waals surface area contributed by atoms with Crippen LogP contribution in [0.2, 0.25) is 0 Å². The molecule has 3 nitrogen and oxygen atoms in total. The molecule has 2 rings (SSSR count). The van der Waals surface area contributed by atoms with Gasteiger partial charge in [0.1, 0.15) is 11.9 Å². The molecule has 0 amide bonds. The van der Waals surface area contributed by atoms with Gasteiger partial charge in [0.2, 0.25) is 0 Å². The summed E-state index contributed by atoms with van der Waals surface area (Å²) < 4.78 is 10.7. The van der Waals surface area contributed by atoms with Crippen molar-refractivity contribution in [2.45, 2.75) is 25.9 Å². The van der Waals surface area contributed by atoms with E-state index in [0.29, 0.717) is 0 Å². The number of methoxy groups -OCH3 is 1. The molecule has 17 heavy (non-hydrogen) atoms. The zero-order valence-electron chi connectivity index (χ0n) is 10.4. The average Bonchev–Trinajstić information content (AvgIpc) is 2.39. The number of nitrogens with one attached hydrogen (secondary N) is 1. The van der Waals surface area contributed by atoms with Gasteiger partial charge in [0.05, 0.1) is 19.9 Å². The molecule has 1 aromatic carbocycles. The van der Waals surface area contributed by atoms with Gasteiger partial charge >= 0.3 is 0 Å². The lowest BCUT2D eigenvalue weighted by Crippen LogP contribution is -2.23. The van der Waals surface area contributed by atoms with Gasteiger partial charge in [0.15, 0.2) is 0 Å². The number of rotatable bonds is 4. The van der Waals surface area contributed by atoms with Crippen LogP contribution in [0.5, 0.6) is 5.75 Å². The van der Waals surface area contributed by atoms with Gasteiger partial charge in [-0.1, -0.05) is 6.07 Å². The van der Waals surface area contributed by atoms with E-state index in [0.717, 1.165) is 30.8 Å². The highest BCUT2D eigenvalue weighted by Gasteiger charge is 2.11. The van der Waals surface area contributed by atoms with Crippen LogP contribution in [0.25, 0.3) is 0 Å². The Kier molecular flexibility index (Phi) is 3.91. The Morgan fingerprint density at radius 3 is 3.06 bits per heavy atom. The number of hydrogen-bond donors (Lipinski definition) is 1. The Labute approximate surface area is 102 Å². The molecule has 1 N–H and O–H groups in total. The fourth-order valence-corrected chi connectivity index (χ4v) is 1.88. The second-order valence-electron chi connectivity index (χ2n) is 4.27. The molecule has 0 saturated carbocycles. The monoisotopic (exact) mass is 233 g/mol. The zero-order chi connectivity index (χ0) is 12.1. The molecule has 0 radical (unpaired) electrons. The summed E-state index contributed by atoms with van der Waals surface area (Å²) >= 11 is 0. The second-order valence-corrected chi connectivity index (χ2v) is 4.27. The first-order valence-corrected chi connectivity index (χ1v) is 5.98. The summed E-state index contributed by atoms with van der Waals surface area (Å²) in [6.45, 7) is 2.92. The van der Waals surface area contributed by atoms with E-state index in [1.807, 2.05) is 12.1 Å². The molecule has 1 atom stereocenters. The summed E-state index contributed by atoms with van der Waals surface area (Å²) in [5.41, 5.74) is 2.33. The summed E-state index contributed by atoms with van der Waals surface area (Å²) in [4.78, 5) is 0. The smallest absolute Gasteiger partial charge is 0.120 e. The Hall–Kier alpha value is -1.64. The van der Waals surface area contributed by atoms with Gasteiger partial charge < -0.3 is 14.8 Å². The van der Waals surface area contributed by atoms with Crippen molar-refractivity contribution in [2.24, 2.45) is 0 Å². The Morgan fingerprint density at radius 2 is 2.35 bits per heavy atom. The molecule has 0 bridgehead atoms. The fourth-order valence-electron chi connectivity index (χ4n) is 1.88. The molecule has 1 aliphatic rings. The SMILES string of the molecule is COc1ccc(C)c(NCC2CCC=CO2)c1. The lowest BCUT2D eigenvalue weighted by Gasteiger charge is -2.21. The maximum absolute atomic E-state index is 5.52. The van der Waals surface area contributed by atoms with Crippen LogP contribution in [-0.4, -0.2) is 19.8 Å². The van der Waals surface area contributed by atoms with Gasteiger partial charge in [-0.2, -0.15) is 0 Å². The van der Waals surface area contributed by atoms with Crippen LogP contribution in [0.4, 0.5) is 5.69 Å². The summed E-state index contributed by atoms with van der Waals surface area (Å²) in [5.74, 6) is 0.877. The normalized spacial score (nSPS) is 18.6. The van der Waals surface area contributed by atoms with Gasteiger partial charge in [0.25, 0.3) is 0 Å². The Balaban J connectivity index is 1.95. The first kappa shape index (κ1) is 11.8. The van der Waals surface area contributed by atoms with Crippen LogP contribution in [0.3, 0.4) is 0 Å². The molecule has 1 aliphatic heterocycles. The van der Waals surface area contributed by atoms with E-state index >= 15 is 0 Å². The number of hydrogen-bond acceptors (Lipinski definition) is 3. The summed E-state index contributed by atoms with van der Waals surface area (Å²) in [6, 6.07) is 6.05. The van der Waals surface area contributed by atoms with Crippen LogP contribution >= 0.6 is 0 Å². The molecular formula is C14H19NO2. The number of anilines is 1. The number of ether oxygens (including phenoxy) is 2. The van der Waals surface area contributed by atoms with Gasteiger partial charge in [-0.25, -0.2) is 0 Å². The van der Waals surface area contributed by atoms with Crippen LogP contribution < -0.4 is 10.1 Å². The maximum atomic E-state index is 5.52. The molecule has 1 unspecified atom stereocenters. The molecule has 0 aromatic heterocycles. The van der Waals surface area contributed by atoms with E-state index in [-0.39, 0.29) is 6.10 Å². The van der Waals surface area contributed by atoms with Crippen molar-refractivity contribution in [3.8, 4) is 5.75 Å². The second kappa shape index (κ2) is 5.62. The molecule has 3 heteroatoms. The lowest BCUT2D eigenvalue weighted by molar-refractivity contribution is 0.135. The van der Waals surface area contributed by atoms with Crippen molar-refractivity contribution >= 4 is 5.69 Å². The van der Waals surface area contributed by atoms with Gasteiger partial charge in [-0.15, -0.1) is 0 Å². The molecule has 0 saturated heterocycles. The van der Waals surface area contributed by atoms with E-state index in [1.54, 1.807) is 13.4 Å². The van der Waals surface area contributed by atoms with Crippen LogP contribution in [-0.2, 0) is 4.74 Å². The molecular weight excluding hydrogens is 214 g/mol. The molecule has 92 valence electrons. The first-order chi connectivity index (χ1) is 8.29. The topological polar surface area (TPSA) is 30.5 Å². The van der Waals surface area contributed by atoms with Crippen LogP contribution in [0, 0.1) is 6.92 Å². The summed E-state index contributed by atoms with van der Waals surface area (Å²) in [7, 11) is 1.68. The summed E-state index contributed by atoms with van der Waals surface area (Å²) in [6.07, 6.45) is 6.31. The van der Waals surface area contributed by atoms with Crippen LogP contribution in [0.1, 0.15) is 18.4 Å². The van der Waals surface area contributed by atoms with Gasteiger partial charge in [-0.05, 0) is 37.5 Å². The number of allylic oxidation sites excluding steroid dienone is 1. The van der Waals surface area contributed by atoms with Gasteiger partial charge in [-0.3, -0.25) is 0 Å². The van der Waals surface area contributed by atoms with E-state index < -0.39 is 0 Å². The van der Waals surface area contributed by atoms with Crippen molar-refractivity contribution in [2.75, 3.05) is 19.0 Å². The molecule has 0 fully saturated rings. The van der Waals surface area contributed by atoms with Crippen molar-refractivity contribution in [1.29, 1.82) is 0 Å².